The number of hydrogen-bond donors (Lipinski definition) is 2. The Bertz CT molecular complexity index is 1310. The predicted molar refractivity (Wildman–Crippen MR) is 148 cm³/mol. The lowest BCUT2D eigenvalue weighted by molar-refractivity contribution is -0.150. The molecule has 4 aliphatic carbocycles. The van der Waals surface area contributed by atoms with Gasteiger partial charge in [0.1, 0.15) is 12.4 Å². The van der Waals surface area contributed by atoms with Crippen LogP contribution in [0.2, 0.25) is 0 Å². The molecule has 6 rings (SSSR count). The molecule has 202 valence electrons. The first-order valence-corrected chi connectivity index (χ1v) is 14.3. The van der Waals surface area contributed by atoms with Crippen molar-refractivity contribution in [2.24, 2.45) is 34.3 Å². The number of nitrogens with two attached hydrogens (primary N) is 1. The molecule has 7 nitrogen and oxygen atoms in total. The molecular weight excluding hydrogens is 476 g/mol. The van der Waals surface area contributed by atoms with Gasteiger partial charge in [-0.2, -0.15) is 0 Å². The van der Waals surface area contributed by atoms with E-state index in [2.05, 4.69) is 65.1 Å². The zero-order chi connectivity index (χ0) is 26.5. The molecule has 38 heavy (non-hydrogen) atoms. The first-order chi connectivity index (χ1) is 18.3. The van der Waals surface area contributed by atoms with Crippen LogP contribution < -0.4 is 11.1 Å². The molecule has 0 bridgehead atoms. The van der Waals surface area contributed by atoms with Crippen molar-refractivity contribution in [2.75, 3.05) is 19.6 Å². The second-order valence-electron chi connectivity index (χ2n) is 12.3. The zero-order valence-electron chi connectivity index (χ0n) is 22.6. The van der Waals surface area contributed by atoms with Crippen LogP contribution in [-0.4, -0.2) is 47.0 Å². The Labute approximate surface area is 224 Å². The highest BCUT2D eigenvalue weighted by Crippen LogP contribution is 2.65. The van der Waals surface area contributed by atoms with E-state index in [4.69, 9.17) is 10.5 Å². The van der Waals surface area contributed by atoms with Gasteiger partial charge in [-0.1, -0.05) is 43.7 Å². The molecule has 1 heterocycles. The maximum Gasteiger partial charge on any atom is 0.320 e. The van der Waals surface area contributed by atoms with E-state index in [0.717, 1.165) is 37.6 Å². The van der Waals surface area contributed by atoms with Crippen molar-refractivity contribution in [1.82, 2.24) is 14.9 Å². The Morgan fingerprint density at radius 1 is 1.08 bits per heavy atom. The molecule has 1 aromatic carbocycles. The summed E-state index contributed by atoms with van der Waals surface area (Å²) in [6.45, 7) is 5.11. The summed E-state index contributed by atoms with van der Waals surface area (Å²) < 4.78 is 8.16. The number of allylic oxidation sites excluding steroid dienone is 3. The van der Waals surface area contributed by atoms with E-state index < -0.39 is 0 Å². The number of hydrogen-bond acceptors (Lipinski definition) is 6. The molecule has 2 saturated carbocycles. The van der Waals surface area contributed by atoms with Crippen LogP contribution in [0.4, 0.5) is 0 Å². The van der Waals surface area contributed by atoms with E-state index in [1.165, 1.54) is 29.6 Å². The van der Waals surface area contributed by atoms with Crippen LogP contribution in [0.25, 0.3) is 16.7 Å². The van der Waals surface area contributed by atoms with Crippen LogP contribution in [0.3, 0.4) is 0 Å². The molecule has 0 spiro atoms. The van der Waals surface area contributed by atoms with E-state index >= 15 is 0 Å². The van der Waals surface area contributed by atoms with Gasteiger partial charge in [-0.25, -0.2) is 4.98 Å². The molecule has 4 aliphatic rings. The summed E-state index contributed by atoms with van der Waals surface area (Å²) in [5.74, 6) is 1.59. The third-order valence-corrected chi connectivity index (χ3v) is 10.4. The molecular formula is C31H40N4O3. The average molecular weight is 517 g/mol. The smallest absolute Gasteiger partial charge is 0.320 e. The summed E-state index contributed by atoms with van der Waals surface area (Å²) in [4.78, 5) is 28.4. The summed E-state index contributed by atoms with van der Waals surface area (Å²) in [7, 11) is 0. The summed E-state index contributed by atoms with van der Waals surface area (Å²) in [5, 5.41) is 2.85. The fraction of sp³-hybridized carbons (Fsp3) is 0.581. The largest absolute Gasteiger partial charge is 0.461 e. The molecule has 3 N–H and O–H groups in total. The Morgan fingerprint density at radius 3 is 2.74 bits per heavy atom. The molecule has 3 unspecified atom stereocenters. The van der Waals surface area contributed by atoms with Crippen molar-refractivity contribution in [3.05, 3.63) is 48.3 Å². The van der Waals surface area contributed by atoms with Gasteiger partial charge in [0.25, 0.3) is 0 Å². The molecule has 0 radical (unpaired) electrons. The Balaban J connectivity index is 1.15. The lowest BCUT2D eigenvalue weighted by Crippen LogP contribution is -2.50. The topological polar surface area (TPSA) is 99.2 Å². The van der Waals surface area contributed by atoms with Crippen molar-refractivity contribution in [3.63, 3.8) is 0 Å². The van der Waals surface area contributed by atoms with Crippen LogP contribution in [0, 0.1) is 28.6 Å². The minimum atomic E-state index is -0.289. The number of imidazole rings is 1. The van der Waals surface area contributed by atoms with Gasteiger partial charge in [-0.15, -0.1) is 0 Å². The van der Waals surface area contributed by atoms with Crippen molar-refractivity contribution < 1.29 is 14.3 Å². The second-order valence-corrected chi connectivity index (χ2v) is 12.3. The molecule has 6 atom stereocenters. The third kappa shape index (κ3) is 4.15. The number of nitrogens with zero attached hydrogens (tertiary/aromatic N) is 2. The number of para-hydroxylation sites is 2. The van der Waals surface area contributed by atoms with Crippen LogP contribution in [-0.2, 0) is 14.3 Å². The van der Waals surface area contributed by atoms with Gasteiger partial charge in [0, 0.05) is 17.5 Å². The van der Waals surface area contributed by atoms with Gasteiger partial charge in [-0.05, 0) is 73.8 Å². The maximum absolute atomic E-state index is 12.4. The summed E-state index contributed by atoms with van der Waals surface area (Å²) in [6, 6.07) is 8.44. The number of ether oxygens (including phenoxy) is 1. The molecule has 2 fully saturated rings. The fourth-order valence-corrected chi connectivity index (χ4v) is 8.40. The van der Waals surface area contributed by atoms with Gasteiger partial charge >= 0.3 is 5.97 Å². The lowest BCUT2D eigenvalue weighted by Gasteiger charge is -2.57. The van der Waals surface area contributed by atoms with E-state index in [0.29, 0.717) is 17.8 Å². The van der Waals surface area contributed by atoms with E-state index in [1.54, 1.807) is 0 Å². The van der Waals surface area contributed by atoms with Crippen LogP contribution >= 0.6 is 0 Å². The highest BCUT2D eigenvalue weighted by Gasteiger charge is 2.57. The number of nitrogens with one attached hydrogen (secondary N) is 1. The van der Waals surface area contributed by atoms with Crippen molar-refractivity contribution in [2.45, 2.75) is 64.9 Å². The number of fused-ring (bicyclic) bond motifs is 6. The van der Waals surface area contributed by atoms with Gasteiger partial charge in [0.05, 0.1) is 30.7 Å². The monoisotopic (exact) mass is 516 g/mol. The standard InChI is InChI=1S/C31H40N4O3/c1-30-13-11-22(38-29(37)18-33-17-21(36)16-32)15-20(30)7-8-23-24-9-10-28(31(24,2)14-12-25(23)30)35-19-34-26-5-3-4-6-27(26)35/h3-7,10,19,22-25,33H,8-9,11-18,32H2,1-2H3/t22-,23?,24?,25?,30-,31-/m0/s1. The van der Waals surface area contributed by atoms with Crippen LogP contribution in [0.1, 0.15) is 58.8 Å². The quantitative estimate of drug-likeness (QED) is 0.416. The second kappa shape index (κ2) is 9.76. The molecule has 0 saturated heterocycles. The maximum atomic E-state index is 12.4. The van der Waals surface area contributed by atoms with Crippen molar-refractivity contribution in [3.8, 4) is 0 Å². The number of aromatic nitrogens is 2. The SMILES string of the molecule is C[C@]12CC[C@H](OC(=O)CNCC(=O)CN)CC1=CCC1C2CC[C@]2(C)C(n3cnc4ccccc43)=CCC12. The number of benzene rings is 1. The number of rotatable bonds is 7. The Hall–Kier alpha value is -2.77. The molecule has 2 aromatic rings. The first kappa shape index (κ1) is 25.5. The third-order valence-electron chi connectivity index (χ3n) is 10.4. The highest BCUT2D eigenvalue weighted by molar-refractivity contribution is 5.83. The van der Waals surface area contributed by atoms with E-state index in [9.17, 15) is 9.59 Å². The summed E-state index contributed by atoms with van der Waals surface area (Å²) >= 11 is 0. The van der Waals surface area contributed by atoms with Crippen LogP contribution in [0.5, 0.6) is 0 Å². The average Bonchev–Trinajstić information content (AvgIpc) is 3.49. The first-order valence-electron chi connectivity index (χ1n) is 14.3. The molecule has 7 heteroatoms. The number of carbonyl (C=O) groups is 2. The number of esters is 1. The predicted octanol–water partition coefficient (Wildman–Crippen LogP) is 4.48. The summed E-state index contributed by atoms with van der Waals surface area (Å²) in [6.07, 6.45) is 14.4. The van der Waals surface area contributed by atoms with Gasteiger partial charge < -0.3 is 20.4 Å². The molecule has 1 aromatic heterocycles. The molecule has 0 aliphatic heterocycles. The van der Waals surface area contributed by atoms with E-state index in [-0.39, 0.29) is 48.3 Å². The van der Waals surface area contributed by atoms with Gasteiger partial charge in [0.15, 0.2) is 5.78 Å². The normalized spacial score (nSPS) is 34.1. The fourth-order valence-electron chi connectivity index (χ4n) is 8.40. The number of carbonyl (C=O) groups excluding carboxylic acids is 2. The minimum Gasteiger partial charge on any atom is -0.461 e. The van der Waals surface area contributed by atoms with Crippen molar-refractivity contribution in [1.29, 1.82) is 0 Å². The number of ketones is 1. The highest BCUT2D eigenvalue weighted by atomic mass is 16.5. The number of Topliss-reactive ketones (excluding diaryl/α,β-unsaturated/α-hetero) is 1. The summed E-state index contributed by atoms with van der Waals surface area (Å²) in [5.41, 5.74) is 10.9. The minimum absolute atomic E-state index is 0.0164. The van der Waals surface area contributed by atoms with E-state index in [1.807, 2.05) is 6.33 Å². The Kier molecular flexibility index (Phi) is 6.55. The Morgan fingerprint density at radius 2 is 1.89 bits per heavy atom. The molecule has 0 amide bonds. The van der Waals surface area contributed by atoms with Crippen LogP contribution in [0.15, 0.2) is 48.3 Å². The lowest BCUT2D eigenvalue weighted by atomic mass is 9.47. The van der Waals surface area contributed by atoms with Gasteiger partial charge in [0.2, 0.25) is 0 Å². The van der Waals surface area contributed by atoms with Crippen molar-refractivity contribution >= 4 is 28.5 Å². The van der Waals surface area contributed by atoms with Gasteiger partial charge in [-0.3, -0.25) is 9.59 Å². The zero-order valence-corrected chi connectivity index (χ0v) is 22.6.